The fourth-order valence-electron chi connectivity index (χ4n) is 2.96. The molecule has 0 aliphatic carbocycles. The van der Waals surface area contributed by atoms with Gasteiger partial charge >= 0.3 is 11.9 Å². The predicted molar refractivity (Wildman–Crippen MR) is 160 cm³/mol. The average Bonchev–Trinajstić information content (AvgIpc) is 3.71. The van der Waals surface area contributed by atoms with Crippen LogP contribution in [0.5, 0.6) is 11.5 Å². The fraction of sp³-hybridized carbons (Fsp3) is 0.214. The Morgan fingerprint density at radius 2 is 1.18 bits per heavy atom. The van der Waals surface area contributed by atoms with Crippen molar-refractivity contribution in [3.05, 3.63) is 94.4 Å². The Hall–Kier alpha value is -3.32. The minimum Gasteiger partial charge on any atom is -0.490 e. The number of carbonyl (C=O) groups excluding carboxylic acids is 4. The summed E-state index contributed by atoms with van der Waals surface area (Å²) in [4.78, 5) is 49.5. The summed E-state index contributed by atoms with van der Waals surface area (Å²) in [5.41, 5.74) is 0. The fourth-order valence-corrected chi connectivity index (χ4v) is 6.14. The first-order valence-electron chi connectivity index (χ1n) is 11.8. The standard InChI is InChI=1S/C28H26O8S4/c1-3-25(29)35-21(17-39-27(31)23-10-6-12-37-23)15-33-19-8-5-9-20(14-19)34-16-22(36-26(30)4-2)18-40-28(32)24-11-7-13-38-24/h3-14,21-22H,1-2,15-18H2. The highest BCUT2D eigenvalue weighted by Gasteiger charge is 2.20. The van der Waals surface area contributed by atoms with Crippen LogP contribution in [0, 0.1) is 0 Å². The number of thiophene rings is 2. The molecule has 3 aromatic rings. The van der Waals surface area contributed by atoms with Gasteiger partial charge in [-0.25, -0.2) is 9.59 Å². The van der Waals surface area contributed by atoms with Gasteiger partial charge < -0.3 is 18.9 Å². The number of hydrogen-bond acceptors (Lipinski definition) is 12. The molecule has 2 unspecified atom stereocenters. The lowest BCUT2D eigenvalue weighted by Crippen LogP contribution is -2.27. The van der Waals surface area contributed by atoms with Gasteiger partial charge in [-0.15, -0.1) is 22.7 Å². The monoisotopic (exact) mass is 618 g/mol. The van der Waals surface area contributed by atoms with Gasteiger partial charge in [-0.3, -0.25) is 9.59 Å². The Labute approximate surface area is 248 Å². The third-order valence-electron chi connectivity index (χ3n) is 4.82. The Bertz CT molecular complexity index is 1190. The van der Waals surface area contributed by atoms with Crippen molar-refractivity contribution < 1.29 is 38.1 Å². The second kappa shape index (κ2) is 16.7. The summed E-state index contributed by atoms with van der Waals surface area (Å²) in [5, 5.41) is 3.39. The van der Waals surface area contributed by atoms with Crippen molar-refractivity contribution in [1.29, 1.82) is 0 Å². The number of rotatable bonds is 16. The van der Waals surface area contributed by atoms with Crippen LogP contribution in [-0.2, 0) is 19.1 Å². The molecule has 2 atom stereocenters. The topological polar surface area (TPSA) is 105 Å². The molecule has 3 rings (SSSR count). The molecule has 40 heavy (non-hydrogen) atoms. The van der Waals surface area contributed by atoms with Gasteiger partial charge in [0, 0.05) is 29.7 Å². The minimum absolute atomic E-state index is 0.00516. The van der Waals surface area contributed by atoms with E-state index in [-0.39, 0.29) is 35.0 Å². The molecule has 0 radical (unpaired) electrons. The van der Waals surface area contributed by atoms with Gasteiger partial charge in [0.15, 0.2) is 0 Å². The van der Waals surface area contributed by atoms with E-state index in [1.54, 1.807) is 48.5 Å². The highest BCUT2D eigenvalue weighted by Crippen LogP contribution is 2.23. The molecule has 0 saturated carbocycles. The molecule has 0 bridgehead atoms. The van der Waals surface area contributed by atoms with Crippen LogP contribution in [0.4, 0.5) is 0 Å². The summed E-state index contributed by atoms with van der Waals surface area (Å²) in [7, 11) is 0. The van der Waals surface area contributed by atoms with Crippen molar-refractivity contribution in [2.45, 2.75) is 12.2 Å². The summed E-state index contributed by atoms with van der Waals surface area (Å²) < 4.78 is 22.4. The van der Waals surface area contributed by atoms with Crippen molar-refractivity contribution in [3.8, 4) is 11.5 Å². The van der Waals surface area contributed by atoms with Crippen molar-refractivity contribution in [3.63, 3.8) is 0 Å². The SMILES string of the molecule is C=CC(=O)OC(COc1cccc(OCC(CSC(=O)c2cccs2)OC(=O)C=C)c1)CSC(=O)c1cccs1. The highest BCUT2D eigenvalue weighted by atomic mass is 32.2. The lowest BCUT2D eigenvalue weighted by Gasteiger charge is -2.19. The van der Waals surface area contributed by atoms with Gasteiger partial charge in [0.25, 0.3) is 0 Å². The third kappa shape index (κ3) is 10.7. The molecule has 12 heteroatoms. The Morgan fingerprint density at radius 1 is 0.725 bits per heavy atom. The molecule has 2 aromatic heterocycles. The first kappa shape index (κ1) is 31.2. The van der Waals surface area contributed by atoms with Crippen LogP contribution in [0.25, 0.3) is 0 Å². The molecular formula is C28H26O8S4. The Kier molecular flexibility index (Phi) is 13.0. The second-order valence-corrected chi connectivity index (χ2v) is 11.7. The zero-order valence-electron chi connectivity index (χ0n) is 21.2. The van der Waals surface area contributed by atoms with Crippen LogP contribution in [0.2, 0.25) is 0 Å². The van der Waals surface area contributed by atoms with Crippen LogP contribution in [0.1, 0.15) is 19.3 Å². The first-order valence-corrected chi connectivity index (χ1v) is 15.5. The molecular weight excluding hydrogens is 593 g/mol. The quantitative estimate of drug-likeness (QED) is 0.142. The normalized spacial score (nSPS) is 12.0. The van der Waals surface area contributed by atoms with Gasteiger partial charge in [-0.2, -0.15) is 0 Å². The summed E-state index contributed by atoms with van der Waals surface area (Å²) in [6.45, 7) is 6.81. The molecule has 8 nitrogen and oxygen atoms in total. The third-order valence-corrected chi connectivity index (χ3v) is 8.86. The van der Waals surface area contributed by atoms with Gasteiger partial charge in [0.05, 0.1) is 9.75 Å². The summed E-state index contributed by atoms with van der Waals surface area (Å²) in [6, 6.07) is 13.8. The van der Waals surface area contributed by atoms with E-state index in [0.29, 0.717) is 21.3 Å². The summed E-state index contributed by atoms with van der Waals surface area (Å²) >= 11 is 4.75. The van der Waals surface area contributed by atoms with E-state index < -0.39 is 24.1 Å². The Balaban J connectivity index is 1.55. The van der Waals surface area contributed by atoms with Crippen molar-refractivity contribution in [1.82, 2.24) is 0 Å². The minimum atomic E-state index is -0.704. The molecule has 210 valence electrons. The number of ether oxygens (including phenoxy) is 4. The highest BCUT2D eigenvalue weighted by molar-refractivity contribution is 8.14. The molecule has 0 fully saturated rings. The zero-order valence-corrected chi connectivity index (χ0v) is 24.5. The van der Waals surface area contributed by atoms with Crippen LogP contribution >= 0.6 is 46.2 Å². The smallest absolute Gasteiger partial charge is 0.330 e. The van der Waals surface area contributed by atoms with Gasteiger partial charge in [0.1, 0.15) is 36.9 Å². The lowest BCUT2D eigenvalue weighted by atomic mass is 10.3. The molecule has 0 saturated heterocycles. The lowest BCUT2D eigenvalue weighted by molar-refractivity contribution is -0.144. The van der Waals surface area contributed by atoms with E-state index in [9.17, 15) is 19.2 Å². The molecule has 0 N–H and O–H groups in total. The number of esters is 2. The maximum Gasteiger partial charge on any atom is 0.330 e. The number of carbonyl (C=O) groups is 4. The largest absolute Gasteiger partial charge is 0.490 e. The summed E-state index contributed by atoms with van der Waals surface area (Å²) in [6.07, 6.45) is 0.693. The van der Waals surface area contributed by atoms with Gasteiger partial charge in [-0.1, -0.05) is 54.9 Å². The zero-order chi connectivity index (χ0) is 28.7. The second-order valence-electron chi connectivity index (χ2n) is 7.77. The van der Waals surface area contributed by atoms with Crippen LogP contribution in [-0.4, -0.2) is 59.1 Å². The van der Waals surface area contributed by atoms with Gasteiger partial charge in [-0.05, 0) is 35.0 Å². The van der Waals surface area contributed by atoms with Crippen molar-refractivity contribution in [2.75, 3.05) is 24.7 Å². The molecule has 1 aromatic carbocycles. The maximum atomic E-state index is 12.3. The van der Waals surface area contributed by atoms with E-state index in [4.69, 9.17) is 18.9 Å². The molecule has 2 heterocycles. The van der Waals surface area contributed by atoms with E-state index in [1.165, 1.54) is 22.7 Å². The molecule has 0 aliphatic rings. The summed E-state index contributed by atoms with van der Waals surface area (Å²) in [5.74, 6) is 0.0353. The number of benzene rings is 1. The first-order chi connectivity index (χ1) is 19.4. The molecule has 0 aliphatic heterocycles. The van der Waals surface area contributed by atoms with Crippen LogP contribution in [0.3, 0.4) is 0 Å². The predicted octanol–water partition coefficient (Wildman–Crippen LogP) is 5.91. The van der Waals surface area contributed by atoms with E-state index in [1.807, 2.05) is 10.8 Å². The van der Waals surface area contributed by atoms with E-state index in [2.05, 4.69) is 13.2 Å². The maximum absolute atomic E-state index is 12.3. The molecule has 0 amide bonds. The number of hydrogen-bond donors (Lipinski definition) is 0. The van der Waals surface area contributed by atoms with Crippen LogP contribution in [0.15, 0.2) is 84.6 Å². The number of thioether (sulfide) groups is 2. The van der Waals surface area contributed by atoms with E-state index >= 15 is 0 Å². The van der Waals surface area contributed by atoms with Crippen molar-refractivity contribution in [2.24, 2.45) is 0 Å². The van der Waals surface area contributed by atoms with E-state index in [0.717, 1.165) is 35.7 Å². The molecule has 0 spiro atoms. The Morgan fingerprint density at radius 3 is 1.55 bits per heavy atom. The van der Waals surface area contributed by atoms with Crippen molar-refractivity contribution >= 4 is 68.4 Å². The average molecular weight is 619 g/mol. The van der Waals surface area contributed by atoms with Crippen LogP contribution < -0.4 is 9.47 Å². The van der Waals surface area contributed by atoms with Gasteiger partial charge in [0.2, 0.25) is 10.2 Å².